The maximum absolute atomic E-state index is 6.03. The summed E-state index contributed by atoms with van der Waals surface area (Å²) in [6.07, 6.45) is 0. The predicted octanol–water partition coefficient (Wildman–Crippen LogP) is 4.21. The third-order valence-corrected chi connectivity index (χ3v) is 3.96. The molecule has 0 aromatic heterocycles. The van der Waals surface area contributed by atoms with Crippen LogP contribution in [0.4, 0.5) is 5.69 Å². The van der Waals surface area contributed by atoms with Crippen LogP contribution in [0, 0.1) is 5.92 Å². The Hall–Kier alpha value is -0.550. The maximum Gasteiger partial charge on any atom is 0.173 e. The van der Waals surface area contributed by atoms with E-state index in [1.54, 1.807) is 12.1 Å². The minimum atomic E-state index is 0.521. The van der Waals surface area contributed by atoms with E-state index < -0.39 is 0 Å². The van der Waals surface area contributed by atoms with Crippen LogP contribution in [0.3, 0.4) is 0 Å². The Labute approximate surface area is 143 Å². The Morgan fingerprint density at radius 3 is 2.38 bits per heavy atom. The first kappa shape index (κ1) is 18.5. The number of halogens is 2. The number of benzene rings is 1. The van der Waals surface area contributed by atoms with E-state index in [2.05, 4.69) is 43.1 Å². The van der Waals surface area contributed by atoms with Gasteiger partial charge in [0, 0.05) is 25.3 Å². The quantitative estimate of drug-likeness (QED) is 0.776. The summed E-state index contributed by atoms with van der Waals surface area (Å²) in [5.41, 5.74) is 0.855. The van der Waals surface area contributed by atoms with Crippen LogP contribution in [-0.4, -0.2) is 48.6 Å². The first-order chi connectivity index (χ1) is 9.79. The molecular weight excluding hydrogens is 325 g/mol. The second kappa shape index (κ2) is 8.79. The van der Waals surface area contributed by atoms with Gasteiger partial charge in [-0.05, 0) is 50.4 Å². The summed E-state index contributed by atoms with van der Waals surface area (Å²) in [5, 5.41) is 5.01. The van der Waals surface area contributed by atoms with E-state index in [9.17, 15) is 0 Å². The predicted molar refractivity (Wildman–Crippen MR) is 97.6 cm³/mol. The smallest absolute Gasteiger partial charge is 0.173 e. The molecule has 0 fully saturated rings. The Kier molecular flexibility index (Phi) is 7.74. The van der Waals surface area contributed by atoms with Gasteiger partial charge >= 0.3 is 0 Å². The zero-order valence-electron chi connectivity index (χ0n) is 13.0. The minimum Gasteiger partial charge on any atom is -0.347 e. The Balaban J connectivity index is 2.72. The molecular formula is C15H23Cl2N3S. The molecule has 0 unspecified atom stereocenters. The lowest BCUT2D eigenvalue weighted by Crippen LogP contribution is -2.41. The molecule has 0 spiro atoms. The monoisotopic (exact) mass is 347 g/mol. The van der Waals surface area contributed by atoms with E-state index in [0.717, 1.165) is 25.3 Å². The highest BCUT2D eigenvalue weighted by Gasteiger charge is 2.12. The molecule has 0 bridgehead atoms. The lowest BCUT2D eigenvalue weighted by Gasteiger charge is -2.28. The lowest BCUT2D eigenvalue weighted by molar-refractivity contribution is 0.310. The van der Waals surface area contributed by atoms with Crippen LogP contribution in [0.1, 0.15) is 13.8 Å². The van der Waals surface area contributed by atoms with Crippen molar-refractivity contribution in [1.82, 2.24) is 9.80 Å². The largest absolute Gasteiger partial charge is 0.347 e. The van der Waals surface area contributed by atoms with E-state index >= 15 is 0 Å². The van der Waals surface area contributed by atoms with Crippen molar-refractivity contribution in [1.29, 1.82) is 0 Å². The molecule has 0 aliphatic rings. The number of rotatable bonds is 6. The van der Waals surface area contributed by atoms with Crippen molar-refractivity contribution in [3.05, 3.63) is 28.2 Å². The van der Waals surface area contributed by atoms with Gasteiger partial charge in [-0.15, -0.1) is 0 Å². The molecule has 21 heavy (non-hydrogen) atoms. The molecule has 0 saturated carbocycles. The number of thiocarbonyl (C=S) groups is 1. The van der Waals surface area contributed by atoms with Gasteiger partial charge < -0.3 is 15.1 Å². The van der Waals surface area contributed by atoms with Crippen LogP contribution in [0.5, 0.6) is 0 Å². The van der Waals surface area contributed by atoms with Gasteiger partial charge in [0.25, 0.3) is 0 Å². The number of hydrogen-bond donors (Lipinski definition) is 1. The average molecular weight is 348 g/mol. The van der Waals surface area contributed by atoms with Crippen molar-refractivity contribution in [2.24, 2.45) is 5.92 Å². The zero-order chi connectivity index (χ0) is 16.0. The highest BCUT2D eigenvalue weighted by Crippen LogP contribution is 2.25. The summed E-state index contributed by atoms with van der Waals surface area (Å²) in [6.45, 7) is 7.13. The molecule has 0 saturated heterocycles. The topological polar surface area (TPSA) is 18.5 Å². The molecule has 1 aromatic carbocycles. The summed E-state index contributed by atoms with van der Waals surface area (Å²) >= 11 is 17.5. The number of nitrogens with zero attached hydrogens (tertiary/aromatic N) is 2. The first-order valence-corrected chi connectivity index (χ1v) is 8.11. The third kappa shape index (κ3) is 6.83. The maximum atomic E-state index is 6.03. The van der Waals surface area contributed by atoms with Crippen molar-refractivity contribution >= 4 is 46.2 Å². The highest BCUT2D eigenvalue weighted by molar-refractivity contribution is 7.80. The summed E-state index contributed by atoms with van der Waals surface area (Å²) in [6, 6.07) is 5.43. The van der Waals surface area contributed by atoms with Gasteiger partial charge in [0.05, 0.1) is 10.0 Å². The van der Waals surface area contributed by atoms with Gasteiger partial charge in [0.15, 0.2) is 5.11 Å². The van der Waals surface area contributed by atoms with Crippen LogP contribution >= 0.6 is 35.4 Å². The normalized spacial score (nSPS) is 11.0. The molecule has 1 N–H and O–H groups in total. The standard InChI is InChI=1S/C15H23Cl2N3S/c1-11(2)10-20(8-7-19(3)4)15(21)18-12-5-6-13(16)14(17)9-12/h5-6,9,11H,7-8,10H2,1-4H3,(H,18,21). The van der Waals surface area contributed by atoms with Gasteiger partial charge in [0.2, 0.25) is 0 Å². The van der Waals surface area contributed by atoms with Gasteiger partial charge in [-0.2, -0.15) is 0 Å². The number of likely N-dealkylation sites (N-methyl/N-ethyl adjacent to an activating group) is 1. The molecule has 0 radical (unpaired) electrons. The van der Waals surface area contributed by atoms with Crippen molar-refractivity contribution in [2.45, 2.75) is 13.8 Å². The number of anilines is 1. The van der Waals surface area contributed by atoms with Crippen LogP contribution < -0.4 is 5.32 Å². The number of hydrogen-bond acceptors (Lipinski definition) is 2. The van der Waals surface area contributed by atoms with Crippen LogP contribution in [0.2, 0.25) is 10.0 Å². The molecule has 118 valence electrons. The zero-order valence-corrected chi connectivity index (χ0v) is 15.3. The van der Waals surface area contributed by atoms with Gasteiger partial charge in [-0.1, -0.05) is 37.0 Å². The summed E-state index contributed by atoms with van der Waals surface area (Å²) < 4.78 is 0. The van der Waals surface area contributed by atoms with E-state index in [0.29, 0.717) is 21.1 Å². The second-order valence-electron chi connectivity index (χ2n) is 5.70. The van der Waals surface area contributed by atoms with Crippen molar-refractivity contribution < 1.29 is 0 Å². The SMILES string of the molecule is CC(C)CN(CCN(C)C)C(=S)Nc1ccc(Cl)c(Cl)c1. The van der Waals surface area contributed by atoms with Gasteiger partial charge in [-0.25, -0.2) is 0 Å². The molecule has 0 amide bonds. The Morgan fingerprint density at radius 1 is 1.19 bits per heavy atom. The van der Waals surface area contributed by atoms with Crippen molar-refractivity contribution in [3.8, 4) is 0 Å². The minimum absolute atomic E-state index is 0.521. The molecule has 0 aliphatic heterocycles. The summed E-state index contributed by atoms with van der Waals surface area (Å²) in [5.74, 6) is 0.542. The molecule has 0 aliphatic carbocycles. The Morgan fingerprint density at radius 2 is 1.86 bits per heavy atom. The highest BCUT2D eigenvalue weighted by atomic mass is 35.5. The van der Waals surface area contributed by atoms with Crippen LogP contribution in [-0.2, 0) is 0 Å². The van der Waals surface area contributed by atoms with Crippen LogP contribution in [0.25, 0.3) is 0 Å². The van der Waals surface area contributed by atoms with E-state index in [4.69, 9.17) is 35.4 Å². The van der Waals surface area contributed by atoms with Gasteiger partial charge in [0.1, 0.15) is 0 Å². The van der Waals surface area contributed by atoms with E-state index in [-0.39, 0.29) is 0 Å². The summed E-state index contributed by atoms with van der Waals surface area (Å²) in [4.78, 5) is 4.33. The molecule has 0 heterocycles. The van der Waals surface area contributed by atoms with Crippen molar-refractivity contribution in [2.75, 3.05) is 39.0 Å². The lowest BCUT2D eigenvalue weighted by atomic mass is 10.2. The number of nitrogens with one attached hydrogen (secondary N) is 1. The van der Waals surface area contributed by atoms with Crippen LogP contribution in [0.15, 0.2) is 18.2 Å². The molecule has 1 aromatic rings. The Bertz CT molecular complexity index is 478. The molecule has 0 atom stereocenters. The fourth-order valence-corrected chi connectivity index (χ4v) is 2.40. The first-order valence-electron chi connectivity index (χ1n) is 6.95. The van der Waals surface area contributed by atoms with Gasteiger partial charge in [-0.3, -0.25) is 0 Å². The molecule has 1 rings (SSSR count). The average Bonchev–Trinajstić information content (AvgIpc) is 2.38. The molecule has 3 nitrogen and oxygen atoms in total. The van der Waals surface area contributed by atoms with Crippen molar-refractivity contribution in [3.63, 3.8) is 0 Å². The fourth-order valence-electron chi connectivity index (χ4n) is 1.81. The van der Waals surface area contributed by atoms with E-state index in [1.165, 1.54) is 0 Å². The second-order valence-corrected chi connectivity index (χ2v) is 6.90. The van der Waals surface area contributed by atoms with E-state index in [1.807, 2.05) is 6.07 Å². The third-order valence-electron chi connectivity index (χ3n) is 2.86. The fraction of sp³-hybridized carbons (Fsp3) is 0.533. The molecule has 6 heteroatoms. The summed E-state index contributed by atoms with van der Waals surface area (Å²) in [7, 11) is 4.12.